The molecule has 16 rings (SSSR count). The Morgan fingerprint density at radius 1 is 0.412 bits per heavy atom. The van der Waals surface area contributed by atoms with Crippen LogP contribution in [0.1, 0.15) is 12.4 Å². The second kappa shape index (κ2) is 18.1. The molecule has 0 N–H and O–H groups in total. The van der Waals surface area contributed by atoms with Crippen LogP contribution in [0.3, 0.4) is 0 Å². The summed E-state index contributed by atoms with van der Waals surface area (Å²) >= 11 is 3.28. The molecule has 80 heavy (non-hydrogen) atoms. The normalized spacial score (nSPS) is 12.6. The van der Waals surface area contributed by atoms with Gasteiger partial charge in [-0.1, -0.05) is 212 Å². The van der Waals surface area contributed by atoms with E-state index in [-0.39, 0.29) is 28.9 Å². The molecule has 6 heteroatoms. The van der Waals surface area contributed by atoms with Crippen molar-refractivity contribution in [3.8, 4) is 73.1 Å². The Hall–Kier alpha value is -10.3. The first-order chi connectivity index (χ1) is 41.7. The first-order valence-electron chi connectivity index (χ1n) is 28.8. The third-order valence-electron chi connectivity index (χ3n) is 15.8. The van der Waals surface area contributed by atoms with E-state index in [1.165, 1.54) is 0 Å². The van der Waals surface area contributed by atoms with Crippen molar-refractivity contribution in [3.63, 3.8) is 0 Å². The maximum atomic E-state index is 12.7. The molecule has 0 aliphatic heterocycles. The highest BCUT2D eigenvalue weighted by Crippen LogP contribution is 2.56. The molecule has 0 saturated heterocycles. The van der Waals surface area contributed by atoms with Gasteiger partial charge in [0.1, 0.15) is 6.07 Å². The minimum atomic E-state index is -0.478. The maximum Gasteiger partial charge on any atom is 0.220 e. The Kier molecular flexibility index (Phi) is 9.26. The van der Waals surface area contributed by atoms with Crippen LogP contribution in [0.5, 0.6) is 0 Å². The molecule has 370 valence electrons. The number of benzene rings is 12. The summed E-state index contributed by atoms with van der Waals surface area (Å²) < 4.78 is 54.9. The van der Waals surface area contributed by atoms with Gasteiger partial charge in [-0.15, -0.1) is 22.7 Å². The van der Waals surface area contributed by atoms with Gasteiger partial charge in [0, 0.05) is 63.6 Å². The van der Waals surface area contributed by atoms with Gasteiger partial charge in [-0.3, -0.25) is 0 Å². The van der Waals surface area contributed by atoms with E-state index in [0.717, 1.165) is 101 Å². The third-order valence-corrected chi connectivity index (χ3v) is 18.2. The van der Waals surface area contributed by atoms with Crippen LogP contribution in [0.2, 0.25) is 0 Å². The lowest BCUT2D eigenvalue weighted by atomic mass is 9.87. The van der Waals surface area contributed by atoms with Gasteiger partial charge in [-0.2, -0.15) is 5.26 Å². The molecule has 16 aromatic rings. The molecular weight excluding hydrogens is 1010 g/mol. The fraction of sp³-hybridized carbons (Fsp3) is 0. The van der Waals surface area contributed by atoms with E-state index >= 15 is 0 Å². The molecule has 4 aromatic heterocycles. The zero-order chi connectivity index (χ0) is 57.4. The first kappa shape index (κ1) is 40.9. The largest absolute Gasteiger partial charge is 0.318 e. The monoisotopic (exact) mass is 1060 g/mol. The third kappa shape index (κ3) is 6.77. The smallest absolute Gasteiger partial charge is 0.220 e. The molecule has 0 unspecified atom stereocenters. The van der Waals surface area contributed by atoms with Crippen molar-refractivity contribution in [2.75, 3.05) is 0 Å². The van der Waals surface area contributed by atoms with E-state index < -0.39 is 18.1 Å². The van der Waals surface area contributed by atoms with Crippen molar-refractivity contribution in [3.05, 3.63) is 272 Å². The Balaban J connectivity index is 1.23. The standard InChI is InChI=1S/C74H42N4S2/c1-76-68-65(50-29-19-27-48(41-50)45-21-5-2-6-22-45)60(44-75)69(66(51-30-20-28-49(42-51)46-23-7-3-8-24-46)71(68)77-61-35-15-11-31-52(61)53-32-12-16-36-62(53)77)78-70-57(40-39-56-54-33-13-17-37-63(54)79-73(56)70)67-58(47-25-9-4-10-26-47)43-59-55-34-14-18-38-64(55)80-74(59)72(67)78/h2-43H/i4D,9D,10D,25D,26D. The van der Waals surface area contributed by atoms with Gasteiger partial charge in [0.2, 0.25) is 5.69 Å². The Labute approximate surface area is 475 Å². The Morgan fingerprint density at radius 2 is 0.912 bits per heavy atom. The summed E-state index contributed by atoms with van der Waals surface area (Å²) in [7, 11) is 0. The van der Waals surface area contributed by atoms with Crippen molar-refractivity contribution in [1.82, 2.24) is 9.13 Å². The molecule has 0 amide bonds. The molecule has 0 fully saturated rings. The molecule has 4 nitrogen and oxygen atoms in total. The molecule has 12 aromatic carbocycles. The van der Waals surface area contributed by atoms with Crippen molar-refractivity contribution >= 4 is 112 Å². The van der Waals surface area contributed by atoms with Crippen LogP contribution in [-0.2, 0) is 0 Å². The molecule has 0 spiro atoms. The molecule has 0 aliphatic carbocycles. The molecular formula is C74H42N4S2. The second-order valence-electron chi connectivity index (χ2n) is 20.1. The van der Waals surface area contributed by atoms with Crippen molar-refractivity contribution in [2.24, 2.45) is 0 Å². The quantitative estimate of drug-likeness (QED) is 0.147. The number of hydrogen-bond donors (Lipinski definition) is 0. The highest BCUT2D eigenvalue weighted by atomic mass is 32.1. The number of hydrogen-bond acceptors (Lipinski definition) is 3. The minimum absolute atomic E-state index is 0.0766. The van der Waals surface area contributed by atoms with E-state index in [2.05, 4.69) is 141 Å². The van der Waals surface area contributed by atoms with Crippen LogP contribution < -0.4 is 0 Å². The summed E-state index contributed by atoms with van der Waals surface area (Å²) in [6, 6.07) is 77.2. The van der Waals surface area contributed by atoms with E-state index in [9.17, 15) is 14.6 Å². The summed E-state index contributed by atoms with van der Waals surface area (Å²) in [6.07, 6.45) is 0. The molecule has 0 bridgehead atoms. The van der Waals surface area contributed by atoms with Crippen LogP contribution in [0.15, 0.2) is 255 Å². The van der Waals surface area contributed by atoms with Gasteiger partial charge >= 0.3 is 0 Å². The molecule has 0 aliphatic rings. The average molecular weight is 1060 g/mol. The van der Waals surface area contributed by atoms with Crippen LogP contribution in [0.25, 0.3) is 156 Å². The highest BCUT2D eigenvalue weighted by Gasteiger charge is 2.34. The van der Waals surface area contributed by atoms with E-state index in [4.69, 9.17) is 4.11 Å². The summed E-state index contributed by atoms with van der Waals surface area (Å²) in [5.74, 6) is 0. The number of nitriles is 1. The topological polar surface area (TPSA) is 38.0 Å². The lowest BCUT2D eigenvalue weighted by Crippen LogP contribution is -2.09. The van der Waals surface area contributed by atoms with Gasteiger partial charge in [0.15, 0.2) is 0 Å². The first-order valence-corrected chi connectivity index (χ1v) is 28.0. The Morgan fingerprint density at radius 3 is 1.51 bits per heavy atom. The summed E-state index contributed by atoms with van der Waals surface area (Å²) in [5.41, 5.74) is 11.8. The summed E-state index contributed by atoms with van der Waals surface area (Å²) in [5, 5.41) is 20.0. The van der Waals surface area contributed by atoms with E-state index in [1.54, 1.807) is 22.7 Å². The van der Waals surface area contributed by atoms with Crippen molar-refractivity contribution < 1.29 is 6.85 Å². The minimum Gasteiger partial charge on any atom is -0.318 e. The number of rotatable bonds is 7. The average Bonchev–Trinajstić information content (AvgIpc) is 1.58. The predicted molar refractivity (Wildman–Crippen MR) is 339 cm³/mol. The number of aromatic nitrogens is 2. The van der Waals surface area contributed by atoms with Gasteiger partial charge in [0.05, 0.1) is 61.8 Å². The fourth-order valence-corrected chi connectivity index (χ4v) is 15.0. The number of thiophene rings is 2. The molecule has 4 heterocycles. The molecule has 0 saturated carbocycles. The van der Waals surface area contributed by atoms with Crippen LogP contribution >= 0.6 is 22.7 Å². The molecule has 0 radical (unpaired) electrons. The second-order valence-corrected chi connectivity index (χ2v) is 22.2. The van der Waals surface area contributed by atoms with E-state index in [1.807, 2.05) is 103 Å². The zero-order valence-corrected chi connectivity index (χ0v) is 44.1. The van der Waals surface area contributed by atoms with Crippen molar-refractivity contribution in [2.45, 2.75) is 0 Å². The van der Waals surface area contributed by atoms with Gasteiger partial charge < -0.3 is 9.13 Å². The number of fused-ring (bicyclic) bond motifs is 14. The van der Waals surface area contributed by atoms with Gasteiger partial charge in [-0.05, 0) is 87.0 Å². The number of nitrogens with zero attached hydrogens (tertiary/aromatic N) is 4. The van der Waals surface area contributed by atoms with Crippen LogP contribution in [0.4, 0.5) is 5.69 Å². The number of para-hydroxylation sites is 2. The lowest BCUT2D eigenvalue weighted by Gasteiger charge is -2.26. The van der Waals surface area contributed by atoms with Crippen LogP contribution in [0, 0.1) is 17.9 Å². The summed E-state index contributed by atoms with van der Waals surface area (Å²) in [4.78, 5) is 4.68. The van der Waals surface area contributed by atoms with Crippen molar-refractivity contribution in [1.29, 1.82) is 5.26 Å². The van der Waals surface area contributed by atoms with Crippen LogP contribution in [-0.4, -0.2) is 9.13 Å². The SMILES string of the molecule is [2H]c1c([2H])c([2H])c(-c2cc3c4ccccc4sc3c3c2c2ccc4c5ccccc5sc4c2n3-c2c(C#N)c(-c3cccc(-c4ccccc4)c3)c([N+]#[C-])c(-n3c4ccccc4c4ccccc43)c2-c2cccc(-c3ccccc3)c2)c([2H])c1[2H]. The van der Waals surface area contributed by atoms with Gasteiger partial charge in [-0.25, -0.2) is 4.85 Å². The lowest BCUT2D eigenvalue weighted by molar-refractivity contribution is 1.14. The maximum absolute atomic E-state index is 12.7. The Bertz CT molecular complexity index is 5560. The predicted octanol–water partition coefficient (Wildman–Crippen LogP) is 21.4. The van der Waals surface area contributed by atoms with Gasteiger partial charge in [0.25, 0.3) is 0 Å². The molecule has 0 atom stereocenters. The highest BCUT2D eigenvalue weighted by molar-refractivity contribution is 7.27. The zero-order valence-electron chi connectivity index (χ0n) is 47.5. The van der Waals surface area contributed by atoms with E-state index in [0.29, 0.717) is 44.5 Å². The fourth-order valence-electron chi connectivity index (χ4n) is 12.5. The summed E-state index contributed by atoms with van der Waals surface area (Å²) in [6.45, 7) is 9.70.